The normalized spacial score (nSPS) is 20.6. The number of benzene rings is 1. The van der Waals surface area contributed by atoms with Crippen molar-refractivity contribution in [3.05, 3.63) is 35.9 Å². The number of esters is 1. The Bertz CT molecular complexity index is 475. The molecule has 1 aromatic carbocycles. The van der Waals surface area contributed by atoms with Crippen LogP contribution in [0.15, 0.2) is 30.3 Å². The van der Waals surface area contributed by atoms with Gasteiger partial charge in [0.15, 0.2) is 0 Å². The Morgan fingerprint density at radius 1 is 1.40 bits per heavy atom. The lowest BCUT2D eigenvalue weighted by Crippen LogP contribution is -2.43. The van der Waals surface area contributed by atoms with Gasteiger partial charge in [-0.1, -0.05) is 30.3 Å². The Morgan fingerprint density at radius 2 is 2.10 bits per heavy atom. The lowest BCUT2D eigenvalue weighted by Gasteiger charge is -2.26. The zero-order valence-electron chi connectivity index (χ0n) is 11.6. The smallest absolute Gasteiger partial charge is 0.314 e. The predicted molar refractivity (Wildman–Crippen MR) is 75.0 cm³/mol. The van der Waals surface area contributed by atoms with Crippen LogP contribution < -0.4 is 5.73 Å². The van der Waals surface area contributed by atoms with Crippen LogP contribution in [0.5, 0.6) is 0 Å². The summed E-state index contributed by atoms with van der Waals surface area (Å²) in [7, 11) is 1.38. The van der Waals surface area contributed by atoms with Crippen molar-refractivity contribution in [3.8, 4) is 0 Å². The van der Waals surface area contributed by atoms with Crippen molar-refractivity contribution in [2.75, 3.05) is 20.2 Å². The third kappa shape index (κ3) is 3.17. The van der Waals surface area contributed by atoms with E-state index < -0.39 is 0 Å². The number of likely N-dealkylation sites (tertiary alicyclic amines) is 1. The van der Waals surface area contributed by atoms with Gasteiger partial charge in [-0.05, 0) is 24.9 Å². The van der Waals surface area contributed by atoms with E-state index in [0.29, 0.717) is 6.54 Å². The van der Waals surface area contributed by atoms with E-state index in [1.54, 1.807) is 0 Å². The topological polar surface area (TPSA) is 72.6 Å². The van der Waals surface area contributed by atoms with E-state index in [9.17, 15) is 9.59 Å². The third-order valence-electron chi connectivity index (χ3n) is 3.80. The van der Waals surface area contributed by atoms with Crippen molar-refractivity contribution in [3.63, 3.8) is 0 Å². The van der Waals surface area contributed by atoms with Gasteiger partial charge >= 0.3 is 5.97 Å². The Balaban J connectivity index is 2.16. The zero-order chi connectivity index (χ0) is 14.5. The summed E-state index contributed by atoms with van der Waals surface area (Å²) >= 11 is 0. The van der Waals surface area contributed by atoms with Gasteiger partial charge < -0.3 is 10.5 Å². The van der Waals surface area contributed by atoms with Crippen molar-refractivity contribution in [2.24, 2.45) is 5.73 Å². The molecule has 20 heavy (non-hydrogen) atoms. The molecule has 2 rings (SSSR count). The largest absolute Gasteiger partial charge is 0.469 e. The molecule has 1 saturated heterocycles. The van der Waals surface area contributed by atoms with Crippen LogP contribution in [-0.2, 0) is 14.3 Å². The first-order valence-corrected chi connectivity index (χ1v) is 6.79. The van der Waals surface area contributed by atoms with E-state index in [4.69, 9.17) is 10.5 Å². The first-order valence-electron chi connectivity index (χ1n) is 6.79. The van der Waals surface area contributed by atoms with Gasteiger partial charge in [-0.25, -0.2) is 0 Å². The number of ether oxygens (including phenoxy) is 1. The Kier molecular flexibility index (Phi) is 4.74. The van der Waals surface area contributed by atoms with Crippen LogP contribution in [-0.4, -0.2) is 43.0 Å². The number of carbonyl (C=O) groups excluding carboxylic acids is 2. The van der Waals surface area contributed by atoms with E-state index in [1.807, 2.05) is 35.2 Å². The van der Waals surface area contributed by atoms with Crippen molar-refractivity contribution in [2.45, 2.75) is 24.8 Å². The van der Waals surface area contributed by atoms with Gasteiger partial charge in [-0.3, -0.25) is 14.5 Å². The molecular formula is C15H20N2O3. The molecule has 1 aliphatic rings. The van der Waals surface area contributed by atoms with E-state index in [0.717, 1.165) is 24.9 Å². The molecular weight excluding hydrogens is 256 g/mol. The molecule has 108 valence electrons. The Morgan fingerprint density at radius 3 is 2.70 bits per heavy atom. The van der Waals surface area contributed by atoms with Crippen LogP contribution in [0.2, 0.25) is 0 Å². The fraction of sp³-hybridized carbons (Fsp3) is 0.467. The monoisotopic (exact) mass is 276 g/mol. The van der Waals surface area contributed by atoms with Gasteiger partial charge in [0, 0.05) is 6.54 Å². The summed E-state index contributed by atoms with van der Waals surface area (Å²) in [6, 6.07) is 9.21. The number of amides is 1. The number of primary amides is 1. The first-order chi connectivity index (χ1) is 9.63. The molecule has 0 bridgehead atoms. The average molecular weight is 276 g/mol. The maximum atomic E-state index is 12.0. The molecule has 0 spiro atoms. The van der Waals surface area contributed by atoms with Gasteiger partial charge in [-0.15, -0.1) is 0 Å². The zero-order valence-corrected chi connectivity index (χ0v) is 11.6. The number of nitrogens with zero attached hydrogens (tertiary/aromatic N) is 1. The van der Waals surface area contributed by atoms with Crippen LogP contribution in [0.3, 0.4) is 0 Å². The molecule has 2 N–H and O–H groups in total. The summed E-state index contributed by atoms with van der Waals surface area (Å²) in [6.07, 6.45) is 1.69. The van der Waals surface area contributed by atoms with E-state index in [-0.39, 0.29) is 23.8 Å². The maximum absolute atomic E-state index is 12.0. The molecule has 0 radical (unpaired) electrons. The summed E-state index contributed by atoms with van der Waals surface area (Å²) in [5.41, 5.74) is 6.31. The fourth-order valence-corrected chi connectivity index (χ4v) is 2.75. The van der Waals surface area contributed by atoms with Crippen LogP contribution in [0, 0.1) is 0 Å². The Hall–Kier alpha value is -1.88. The standard InChI is InChI=1S/C15H20N2O3/c1-20-15(19)12(11-6-3-2-4-7-11)10-17-9-5-8-13(17)14(16)18/h2-4,6-7,12-13H,5,8-10H2,1H3,(H2,16,18). The molecule has 0 saturated carbocycles. The minimum atomic E-state index is -0.388. The molecule has 1 aliphatic heterocycles. The predicted octanol–water partition coefficient (Wildman–Crippen LogP) is 0.893. The fourth-order valence-electron chi connectivity index (χ4n) is 2.75. The van der Waals surface area contributed by atoms with Crippen LogP contribution in [0.4, 0.5) is 0 Å². The van der Waals surface area contributed by atoms with Crippen LogP contribution in [0.25, 0.3) is 0 Å². The summed E-state index contributed by atoms with van der Waals surface area (Å²) in [4.78, 5) is 25.4. The van der Waals surface area contributed by atoms with Gasteiger partial charge in [0.2, 0.25) is 5.91 Å². The minimum absolute atomic E-state index is 0.272. The second-order valence-electron chi connectivity index (χ2n) is 5.04. The average Bonchev–Trinajstić information content (AvgIpc) is 2.93. The van der Waals surface area contributed by atoms with Crippen LogP contribution >= 0.6 is 0 Å². The molecule has 5 heteroatoms. The van der Waals surface area contributed by atoms with E-state index >= 15 is 0 Å². The van der Waals surface area contributed by atoms with Crippen molar-refractivity contribution in [1.82, 2.24) is 4.90 Å². The third-order valence-corrected chi connectivity index (χ3v) is 3.80. The molecule has 0 aliphatic carbocycles. The molecule has 2 unspecified atom stereocenters. The molecule has 1 amide bonds. The second-order valence-corrected chi connectivity index (χ2v) is 5.04. The number of nitrogens with two attached hydrogens (primary N) is 1. The molecule has 2 atom stereocenters. The highest BCUT2D eigenvalue weighted by Gasteiger charge is 2.33. The second kappa shape index (κ2) is 6.52. The summed E-state index contributed by atoms with van der Waals surface area (Å²) in [5.74, 6) is -0.994. The van der Waals surface area contributed by atoms with E-state index in [2.05, 4.69) is 0 Å². The highest BCUT2D eigenvalue weighted by molar-refractivity contribution is 5.81. The molecule has 1 heterocycles. The SMILES string of the molecule is COC(=O)C(CN1CCCC1C(N)=O)c1ccccc1. The summed E-state index contributed by atoms with van der Waals surface area (Å²) in [6.45, 7) is 1.25. The number of rotatable bonds is 5. The van der Waals surface area contributed by atoms with Gasteiger partial charge in [0.05, 0.1) is 19.1 Å². The maximum Gasteiger partial charge on any atom is 0.314 e. The van der Waals surface area contributed by atoms with Crippen molar-refractivity contribution in [1.29, 1.82) is 0 Å². The highest BCUT2D eigenvalue weighted by atomic mass is 16.5. The number of carbonyl (C=O) groups is 2. The highest BCUT2D eigenvalue weighted by Crippen LogP contribution is 2.24. The van der Waals surface area contributed by atoms with Crippen molar-refractivity contribution < 1.29 is 14.3 Å². The molecule has 1 aromatic rings. The molecule has 1 fully saturated rings. The lowest BCUT2D eigenvalue weighted by atomic mass is 9.98. The molecule has 0 aromatic heterocycles. The molecule has 5 nitrogen and oxygen atoms in total. The number of methoxy groups -OCH3 is 1. The summed E-state index contributed by atoms with van der Waals surface area (Å²) in [5, 5.41) is 0. The minimum Gasteiger partial charge on any atom is -0.469 e. The number of hydrogen-bond acceptors (Lipinski definition) is 4. The quantitative estimate of drug-likeness (QED) is 0.811. The number of hydrogen-bond donors (Lipinski definition) is 1. The van der Waals surface area contributed by atoms with Gasteiger partial charge in [-0.2, -0.15) is 0 Å². The summed E-state index contributed by atoms with van der Waals surface area (Å²) < 4.78 is 4.89. The Labute approximate surface area is 118 Å². The van der Waals surface area contributed by atoms with E-state index in [1.165, 1.54) is 7.11 Å². The first kappa shape index (κ1) is 14.5. The van der Waals surface area contributed by atoms with Crippen molar-refractivity contribution >= 4 is 11.9 Å². The van der Waals surface area contributed by atoms with Gasteiger partial charge in [0.1, 0.15) is 0 Å². The lowest BCUT2D eigenvalue weighted by molar-refractivity contribution is -0.143. The van der Waals surface area contributed by atoms with Crippen LogP contribution in [0.1, 0.15) is 24.3 Å². The van der Waals surface area contributed by atoms with Gasteiger partial charge in [0.25, 0.3) is 0 Å².